The average molecular weight is 251 g/mol. The third kappa shape index (κ3) is 4.22. The molecule has 1 aromatic rings. The highest BCUT2D eigenvalue weighted by molar-refractivity contribution is 5.99. The molecule has 1 unspecified atom stereocenters. The molecule has 1 atom stereocenters. The lowest BCUT2D eigenvalue weighted by Gasteiger charge is -2.24. The number of benzene rings is 1. The summed E-state index contributed by atoms with van der Waals surface area (Å²) in [6.07, 6.45) is 1.07. The molecule has 100 valence electrons. The van der Waals surface area contributed by atoms with E-state index in [0.717, 1.165) is 13.0 Å². The van der Waals surface area contributed by atoms with Crippen molar-refractivity contribution in [3.8, 4) is 0 Å². The van der Waals surface area contributed by atoms with Gasteiger partial charge in [-0.3, -0.25) is 9.69 Å². The molecule has 0 bridgehead atoms. The first-order chi connectivity index (χ1) is 8.41. The molecule has 0 aliphatic heterocycles. The van der Waals surface area contributed by atoms with Gasteiger partial charge >= 0.3 is 0 Å². The van der Waals surface area contributed by atoms with Crippen LogP contribution in [0.1, 0.15) is 37.6 Å². The molecule has 0 radical (unpaired) electrons. The molecule has 18 heavy (non-hydrogen) atoms. The fourth-order valence-electron chi connectivity index (χ4n) is 1.71. The molecular weight excluding hydrogens is 229 g/mol. The van der Waals surface area contributed by atoms with Crippen molar-refractivity contribution in [3.63, 3.8) is 0 Å². The molecule has 0 amide bonds. The summed E-state index contributed by atoms with van der Waals surface area (Å²) in [4.78, 5) is 14.2. The summed E-state index contributed by atoms with van der Waals surface area (Å²) >= 11 is 0. The van der Waals surface area contributed by atoms with Crippen molar-refractivity contribution in [2.75, 3.05) is 13.6 Å². The highest BCUT2D eigenvalue weighted by Crippen LogP contribution is 2.11. The third-order valence-electron chi connectivity index (χ3n) is 3.23. The van der Waals surface area contributed by atoms with Gasteiger partial charge in [0.2, 0.25) is 0 Å². The van der Waals surface area contributed by atoms with Crippen LogP contribution in [0.2, 0.25) is 0 Å². The van der Waals surface area contributed by atoms with Crippen molar-refractivity contribution < 1.29 is 9.18 Å². The van der Waals surface area contributed by atoms with Gasteiger partial charge in [0.15, 0.2) is 5.78 Å². The Hall–Kier alpha value is -1.22. The van der Waals surface area contributed by atoms with E-state index < -0.39 is 0 Å². The Kier molecular flexibility index (Phi) is 5.48. The Balaban J connectivity index is 2.62. The van der Waals surface area contributed by atoms with E-state index in [1.165, 1.54) is 12.1 Å². The van der Waals surface area contributed by atoms with Crippen LogP contribution in [0.5, 0.6) is 0 Å². The molecule has 0 aliphatic carbocycles. The van der Waals surface area contributed by atoms with Gasteiger partial charge in [0.25, 0.3) is 0 Å². The Bertz CT molecular complexity index is 386. The van der Waals surface area contributed by atoms with Crippen molar-refractivity contribution in [3.05, 3.63) is 35.6 Å². The Labute approximate surface area is 109 Å². The van der Waals surface area contributed by atoms with Gasteiger partial charge in [-0.15, -0.1) is 0 Å². The highest BCUT2D eigenvalue weighted by atomic mass is 19.1. The van der Waals surface area contributed by atoms with Crippen LogP contribution in [0.4, 0.5) is 4.39 Å². The van der Waals surface area contributed by atoms with Crippen LogP contribution < -0.4 is 0 Å². The molecule has 0 heterocycles. The number of halogens is 1. The van der Waals surface area contributed by atoms with Crippen LogP contribution in [0.3, 0.4) is 0 Å². The van der Waals surface area contributed by atoms with E-state index in [9.17, 15) is 9.18 Å². The second-order valence-corrected chi connectivity index (χ2v) is 5.21. The number of carbonyl (C=O) groups excluding carboxylic acids is 1. The standard InChI is InChI=1S/C15H22FNO/c1-11(2)9-10-17(4)12(3)15(18)13-5-7-14(16)8-6-13/h5-8,11-12H,9-10H2,1-4H3. The first kappa shape index (κ1) is 14.8. The average Bonchev–Trinajstić information content (AvgIpc) is 2.35. The van der Waals surface area contributed by atoms with Crippen LogP contribution in [0.25, 0.3) is 0 Å². The van der Waals surface area contributed by atoms with Crippen molar-refractivity contribution in [1.29, 1.82) is 0 Å². The maximum absolute atomic E-state index is 12.8. The predicted octanol–water partition coefficient (Wildman–Crippen LogP) is 3.37. The third-order valence-corrected chi connectivity index (χ3v) is 3.23. The van der Waals surface area contributed by atoms with Gasteiger partial charge in [0.1, 0.15) is 5.82 Å². The number of nitrogens with zero attached hydrogens (tertiary/aromatic N) is 1. The van der Waals surface area contributed by atoms with Gasteiger partial charge in [-0.1, -0.05) is 13.8 Å². The summed E-state index contributed by atoms with van der Waals surface area (Å²) in [6.45, 7) is 7.12. The first-order valence-corrected chi connectivity index (χ1v) is 6.42. The van der Waals surface area contributed by atoms with Crippen molar-refractivity contribution in [1.82, 2.24) is 4.90 Å². The van der Waals surface area contributed by atoms with Crippen molar-refractivity contribution >= 4 is 5.78 Å². The smallest absolute Gasteiger partial charge is 0.179 e. The lowest BCUT2D eigenvalue weighted by atomic mass is 10.0. The SMILES string of the molecule is CC(C)CCN(C)C(C)C(=O)c1ccc(F)cc1. The van der Waals surface area contributed by atoms with Gasteiger partial charge in [-0.2, -0.15) is 0 Å². The van der Waals surface area contributed by atoms with Crippen LogP contribution in [-0.2, 0) is 0 Å². The molecule has 0 N–H and O–H groups in total. The molecule has 1 rings (SSSR count). The van der Waals surface area contributed by atoms with E-state index in [1.807, 2.05) is 18.9 Å². The molecule has 0 aliphatic rings. The minimum atomic E-state index is -0.313. The fourth-order valence-corrected chi connectivity index (χ4v) is 1.71. The minimum absolute atomic E-state index is 0.0428. The van der Waals surface area contributed by atoms with Gasteiger partial charge < -0.3 is 0 Å². The van der Waals surface area contributed by atoms with Crippen LogP contribution >= 0.6 is 0 Å². The maximum Gasteiger partial charge on any atom is 0.179 e. The Morgan fingerprint density at radius 3 is 2.28 bits per heavy atom. The Morgan fingerprint density at radius 1 is 1.22 bits per heavy atom. The van der Waals surface area contributed by atoms with Gasteiger partial charge in [-0.05, 0) is 57.1 Å². The molecule has 3 heteroatoms. The predicted molar refractivity (Wildman–Crippen MR) is 72.3 cm³/mol. The summed E-state index contributed by atoms with van der Waals surface area (Å²) < 4.78 is 12.8. The largest absolute Gasteiger partial charge is 0.297 e. The number of carbonyl (C=O) groups is 1. The second kappa shape index (κ2) is 6.64. The highest BCUT2D eigenvalue weighted by Gasteiger charge is 2.19. The van der Waals surface area contributed by atoms with Crippen LogP contribution in [0.15, 0.2) is 24.3 Å². The number of Topliss-reactive ketones (excluding diaryl/α,β-unsaturated/α-hetero) is 1. The second-order valence-electron chi connectivity index (χ2n) is 5.21. The van der Waals surface area contributed by atoms with Gasteiger partial charge in [0.05, 0.1) is 6.04 Å². The molecular formula is C15H22FNO. The van der Waals surface area contributed by atoms with Gasteiger partial charge in [-0.25, -0.2) is 4.39 Å². The number of likely N-dealkylation sites (N-methyl/N-ethyl adjacent to an activating group) is 1. The topological polar surface area (TPSA) is 20.3 Å². The van der Waals surface area contributed by atoms with Crippen molar-refractivity contribution in [2.45, 2.75) is 33.2 Å². The van der Waals surface area contributed by atoms with E-state index in [4.69, 9.17) is 0 Å². The fraction of sp³-hybridized carbons (Fsp3) is 0.533. The maximum atomic E-state index is 12.8. The minimum Gasteiger partial charge on any atom is -0.297 e. The van der Waals surface area contributed by atoms with Crippen molar-refractivity contribution in [2.24, 2.45) is 5.92 Å². The molecule has 0 saturated heterocycles. The molecule has 0 spiro atoms. The quantitative estimate of drug-likeness (QED) is 0.722. The molecule has 0 fully saturated rings. The molecule has 2 nitrogen and oxygen atoms in total. The van der Waals surface area contributed by atoms with E-state index in [1.54, 1.807) is 12.1 Å². The zero-order valence-electron chi connectivity index (χ0n) is 11.6. The summed E-state index contributed by atoms with van der Waals surface area (Å²) in [6, 6.07) is 5.58. The van der Waals surface area contributed by atoms with E-state index in [-0.39, 0.29) is 17.6 Å². The lowest BCUT2D eigenvalue weighted by Crippen LogP contribution is -2.37. The zero-order valence-corrected chi connectivity index (χ0v) is 11.6. The van der Waals surface area contributed by atoms with E-state index in [2.05, 4.69) is 13.8 Å². The number of rotatable bonds is 6. The Morgan fingerprint density at radius 2 is 1.78 bits per heavy atom. The van der Waals surface area contributed by atoms with Crippen LogP contribution in [-0.4, -0.2) is 30.3 Å². The molecule has 0 aromatic heterocycles. The summed E-state index contributed by atoms with van der Waals surface area (Å²) in [7, 11) is 1.95. The number of hydrogen-bond acceptors (Lipinski definition) is 2. The molecule has 0 saturated carbocycles. The molecule has 1 aromatic carbocycles. The van der Waals surface area contributed by atoms with Crippen LogP contribution in [0, 0.1) is 11.7 Å². The van der Waals surface area contributed by atoms with E-state index >= 15 is 0 Å². The summed E-state index contributed by atoms with van der Waals surface area (Å²) in [5, 5.41) is 0. The summed E-state index contributed by atoms with van der Waals surface area (Å²) in [5.41, 5.74) is 0.570. The summed E-state index contributed by atoms with van der Waals surface area (Å²) in [5.74, 6) is 0.356. The monoisotopic (exact) mass is 251 g/mol. The van der Waals surface area contributed by atoms with E-state index in [0.29, 0.717) is 11.5 Å². The number of ketones is 1. The number of hydrogen-bond donors (Lipinski definition) is 0. The lowest BCUT2D eigenvalue weighted by molar-refractivity contribution is 0.0864. The first-order valence-electron chi connectivity index (χ1n) is 6.42. The normalized spacial score (nSPS) is 13.1. The zero-order chi connectivity index (χ0) is 13.7. The van der Waals surface area contributed by atoms with Gasteiger partial charge in [0, 0.05) is 5.56 Å².